The highest BCUT2D eigenvalue weighted by Gasteiger charge is 2.21. The van der Waals surface area contributed by atoms with E-state index in [4.69, 9.17) is 9.47 Å². The van der Waals surface area contributed by atoms with Gasteiger partial charge in [-0.3, -0.25) is 9.58 Å². The number of hydrogen-bond donors (Lipinski definition) is 1. The molecular formula is C18H24N4O2. The summed E-state index contributed by atoms with van der Waals surface area (Å²) < 4.78 is 13.1. The van der Waals surface area contributed by atoms with Crippen molar-refractivity contribution in [1.82, 2.24) is 14.7 Å². The zero-order chi connectivity index (χ0) is 16.4. The zero-order valence-electron chi connectivity index (χ0n) is 14.1. The summed E-state index contributed by atoms with van der Waals surface area (Å²) in [6.07, 6.45) is 6.45. The average Bonchev–Trinajstić information content (AvgIpc) is 3.00. The van der Waals surface area contributed by atoms with Crippen molar-refractivity contribution in [1.29, 1.82) is 0 Å². The van der Waals surface area contributed by atoms with Crippen molar-refractivity contribution in [3.63, 3.8) is 0 Å². The fraction of sp³-hybridized carbons (Fsp3) is 0.500. The van der Waals surface area contributed by atoms with E-state index in [1.807, 2.05) is 24.0 Å². The topological polar surface area (TPSA) is 51.5 Å². The molecule has 1 saturated heterocycles. The molecule has 0 bridgehead atoms. The first-order valence-corrected chi connectivity index (χ1v) is 8.62. The lowest BCUT2D eigenvalue weighted by Crippen LogP contribution is -2.41. The Morgan fingerprint density at radius 3 is 2.96 bits per heavy atom. The molecule has 0 amide bonds. The van der Waals surface area contributed by atoms with E-state index >= 15 is 0 Å². The number of aromatic nitrogens is 2. The highest BCUT2D eigenvalue weighted by Crippen LogP contribution is 2.33. The van der Waals surface area contributed by atoms with Crippen LogP contribution in [-0.4, -0.2) is 47.0 Å². The maximum absolute atomic E-state index is 5.67. The van der Waals surface area contributed by atoms with Crippen molar-refractivity contribution >= 4 is 5.69 Å². The molecule has 0 unspecified atom stereocenters. The molecule has 128 valence electrons. The standard InChI is InChI=1S/C18H24N4O2/c1-21-11-14(10-19-21)12-22-6-2-3-16(13-22)20-15-4-5-17-18(9-15)24-8-7-23-17/h4-5,9-11,16,20H,2-3,6-8,12-13H2,1H3/t16-/m0/s1. The van der Waals surface area contributed by atoms with Gasteiger partial charge >= 0.3 is 0 Å². The summed E-state index contributed by atoms with van der Waals surface area (Å²) in [5.74, 6) is 1.68. The molecule has 6 heteroatoms. The van der Waals surface area contributed by atoms with Gasteiger partial charge in [-0.05, 0) is 31.5 Å². The van der Waals surface area contributed by atoms with Crippen molar-refractivity contribution in [2.75, 3.05) is 31.6 Å². The summed E-state index contributed by atoms with van der Waals surface area (Å²) in [7, 11) is 1.96. The van der Waals surface area contributed by atoms with E-state index in [1.54, 1.807) is 0 Å². The molecule has 1 aromatic carbocycles. The van der Waals surface area contributed by atoms with Gasteiger partial charge in [0.05, 0.1) is 6.20 Å². The second-order valence-corrected chi connectivity index (χ2v) is 6.60. The maximum atomic E-state index is 5.67. The third-order valence-corrected chi connectivity index (χ3v) is 4.58. The predicted octanol–water partition coefficient (Wildman–Crippen LogP) is 2.27. The molecule has 2 aliphatic rings. The largest absolute Gasteiger partial charge is 0.486 e. The van der Waals surface area contributed by atoms with Crippen molar-refractivity contribution in [2.24, 2.45) is 7.05 Å². The quantitative estimate of drug-likeness (QED) is 0.933. The van der Waals surface area contributed by atoms with Crippen LogP contribution >= 0.6 is 0 Å². The fourth-order valence-electron chi connectivity index (χ4n) is 3.50. The van der Waals surface area contributed by atoms with Crippen LogP contribution in [0.25, 0.3) is 0 Å². The number of nitrogens with one attached hydrogen (secondary N) is 1. The SMILES string of the molecule is Cn1cc(CN2CCC[C@H](Nc3ccc4c(c3)OCCO4)C2)cn1. The summed E-state index contributed by atoms with van der Waals surface area (Å²) in [5.41, 5.74) is 2.38. The van der Waals surface area contributed by atoms with Crippen LogP contribution < -0.4 is 14.8 Å². The Kier molecular flexibility index (Phi) is 4.30. The molecule has 0 saturated carbocycles. The number of aryl methyl sites for hydroxylation is 1. The van der Waals surface area contributed by atoms with Gasteiger partial charge in [0.1, 0.15) is 13.2 Å². The molecule has 1 atom stereocenters. The number of anilines is 1. The molecule has 6 nitrogen and oxygen atoms in total. The van der Waals surface area contributed by atoms with Crippen LogP contribution in [0.1, 0.15) is 18.4 Å². The first-order valence-electron chi connectivity index (χ1n) is 8.62. The third kappa shape index (κ3) is 3.48. The molecule has 0 spiro atoms. The Hall–Kier alpha value is -2.21. The van der Waals surface area contributed by atoms with Gasteiger partial charge in [0, 0.05) is 49.7 Å². The number of nitrogens with zero attached hydrogens (tertiary/aromatic N) is 3. The highest BCUT2D eigenvalue weighted by atomic mass is 16.6. The summed E-state index contributed by atoms with van der Waals surface area (Å²) in [6.45, 7) is 4.41. The summed E-state index contributed by atoms with van der Waals surface area (Å²) in [5, 5.41) is 7.91. The van der Waals surface area contributed by atoms with Gasteiger partial charge in [0.25, 0.3) is 0 Å². The van der Waals surface area contributed by atoms with Crippen molar-refractivity contribution in [3.8, 4) is 11.5 Å². The van der Waals surface area contributed by atoms with E-state index in [0.29, 0.717) is 19.3 Å². The minimum absolute atomic E-state index is 0.456. The van der Waals surface area contributed by atoms with Crippen LogP contribution in [0, 0.1) is 0 Å². The molecule has 3 heterocycles. The van der Waals surface area contributed by atoms with E-state index < -0.39 is 0 Å². The molecular weight excluding hydrogens is 304 g/mol. The first kappa shape index (κ1) is 15.3. The van der Waals surface area contributed by atoms with E-state index in [-0.39, 0.29) is 0 Å². The second kappa shape index (κ2) is 6.73. The molecule has 2 aliphatic heterocycles. The summed E-state index contributed by atoms with van der Waals surface area (Å²) in [6, 6.07) is 6.58. The van der Waals surface area contributed by atoms with E-state index in [0.717, 1.165) is 36.8 Å². The average molecular weight is 328 g/mol. The maximum Gasteiger partial charge on any atom is 0.163 e. The Balaban J connectivity index is 1.37. The minimum atomic E-state index is 0.456. The molecule has 4 rings (SSSR count). The molecule has 1 fully saturated rings. The molecule has 0 radical (unpaired) electrons. The van der Waals surface area contributed by atoms with Crippen LogP contribution in [-0.2, 0) is 13.6 Å². The molecule has 2 aromatic rings. The van der Waals surface area contributed by atoms with Gasteiger partial charge in [0.15, 0.2) is 11.5 Å². The van der Waals surface area contributed by atoms with Crippen LogP contribution in [0.4, 0.5) is 5.69 Å². The number of benzene rings is 1. The Bertz CT molecular complexity index is 700. The van der Waals surface area contributed by atoms with Gasteiger partial charge < -0.3 is 14.8 Å². The fourth-order valence-corrected chi connectivity index (χ4v) is 3.50. The lowest BCUT2D eigenvalue weighted by atomic mass is 10.0. The van der Waals surface area contributed by atoms with Crippen molar-refractivity contribution in [3.05, 3.63) is 36.2 Å². The van der Waals surface area contributed by atoms with Crippen molar-refractivity contribution in [2.45, 2.75) is 25.4 Å². The van der Waals surface area contributed by atoms with Crippen LogP contribution in [0.3, 0.4) is 0 Å². The number of ether oxygens (including phenoxy) is 2. The number of rotatable bonds is 4. The van der Waals surface area contributed by atoms with Gasteiger partial charge in [0.2, 0.25) is 0 Å². The smallest absolute Gasteiger partial charge is 0.163 e. The number of likely N-dealkylation sites (tertiary alicyclic amines) is 1. The number of fused-ring (bicyclic) bond motifs is 1. The summed E-state index contributed by atoms with van der Waals surface area (Å²) >= 11 is 0. The van der Waals surface area contributed by atoms with Gasteiger partial charge in [-0.25, -0.2) is 0 Å². The monoisotopic (exact) mass is 328 g/mol. The molecule has 24 heavy (non-hydrogen) atoms. The van der Waals surface area contributed by atoms with Gasteiger partial charge in [-0.2, -0.15) is 5.10 Å². The Labute approximate surface area is 142 Å². The van der Waals surface area contributed by atoms with E-state index in [2.05, 4.69) is 33.6 Å². The zero-order valence-corrected chi connectivity index (χ0v) is 14.1. The van der Waals surface area contributed by atoms with Gasteiger partial charge in [-0.1, -0.05) is 0 Å². The second-order valence-electron chi connectivity index (χ2n) is 6.60. The molecule has 1 N–H and O–H groups in total. The first-order chi connectivity index (χ1) is 11.8. The summed E-state index contributed by atoms with van der Waals surface area (Å²) in [4.78, 5) is 2.50. The highest BCUT2D eigenvalue weighted by molar-refractivity contribution is 5.55. The van der Waals surface area contributed by atoms with Crippen LogP contribution in [0.5, 0.6) is 11.5 Å². The van der Waals surface area contributed by atoms with Crippen LogP contribution in [0.15, 0.2) is 30.6 Å². The van der Waals surface area contributed by atoms with Crippen molar-refractivity contribution < 1.29 is 9.47 Å². The Morgan fingerprint density at radius 2 is 2.12 bits per heavy atom. The van der Waals surface area contributed by atoms with Crippen LogP contribution in [0.2, 0.25) is 0 Å². The van der Waals surface area contributed by atoms with E-state index in [1.165, 1.54) is 18.4 Å². The lowest BCUT2D eigenvalue weighted by molar-refractivity contribution is 0.171. The third-order valence-electron chi connectivity index (χ3n) is 4.58. The minimum Gasteiger partial charge on any atom is -0.486 e. The van der Waals surface area contributed by atoms with Gasteiger partial charge in [-0.15, -0.1) is 0 Å². The predicted molar refractivity (Wildman–Crippen MR) is 92.6 cm³/mol. The normalized spacial score (nSPS) is 20.8. The number of piperidine rings is 1. The number of hydrogen-bond acceptors (Lipinski definition) is 5. The Morgan fingerprint density at radius 1 is 1.25 bits per heavy atom. The van der Waals surface area contributed by atoms with E-state index in [9.17, 15) is 0 Å². The molecule has 1 aromatic heterocycles. The molecule has 0 aliphatic carbocycles. The lowest BCUT2D eigenvalue weighted by Gasteiger charge is -2.33.